The SMILES string of the molecule is CC(C)c1ccc(C(C)CC(=O)NC(C)(CN)C2CC2)cc1. The second-order valence-corrected chi connectivity index (χ2v) is 7.37. The molecule has 1 aromatic carbocycles. The molecule has 1 aliphatic carbocycles. The minimum atomic E-state index is -0.224. The van der Waals surface area contributed by atoms with Crippen molar-refractivity contribution in [1.29, 1.82) is 0 Å². The highest BCUT2D eigenvalue weighted by molar-refractivity contribution is 5.77. The third-order valence-electron chi connectivity index (χ3n) is 4.99. The van der Waals surface area contributed by atoms with Crippen LogP contribution in [0.5, 0.6) is 0 Å². The zero-order chi connectivity index (χ0) is 16.3. The van der Waals surface area contributed by atoms with Gasteiger partial charge in [0.1, 0.15) is 0 Å². The molecule has 2 rings (SSSR count). The van der Waals surface area contributed by atoms with Crippen LogP contribution in [0.3, 0.4) is 0 Å². The maximum atomic E-state index is 12.3. The lowest BCUT2D eigenvalue weighted by Gasteiger charge is -2.30. The predicted octanol–water partition coefficient (Wildman–Crippen LogP) is 3.55. The minimum Gasteiger partial charge on any atom is -0.349 e. The van der Waals surface area contributed by atoms with Crippen molar-refractivity contribution in [3.05, 3.63) is 35.4 Å². The van der Waals surface area contributed by atoms with E-state index in [1.54, 1.807) is 0 Å². The Morgan fingerprint density at radius 2 is 1.77 bits per heavy atom. The Bertz CT molecular complexity index is 505. The van der Waals surface area contributed by atoms with Crippen LogP contribution in [0, 0.1) is 5.92 Å². The first kappa shape index (κ1) is 17.0. The molecule has 2 atom stereocenters. The average molecular weight is 302 g/mol. The van der Waals surface area contributed by atoms with Gasteiger partial charge in [-0.15, -0.1) is 0 Å². The van der Waals surface area contributed by atoms with Gasteiger partial charge in [0.15, 0.2) is 0 Å². The Kier molecular flexibility index (Phi) is 5.28. The number of nitrogens with two attached hydrogens (primary N) is 1. The first-order valence-electron chi connectivity index (χ1n) is 8.46. The number of nitrogens with one attached hydrogen (secondary N) is 1. The molecule has 1 saturated carbocycles. The van der Waals surface area contributed by atoms with Crippen LogP contribution >= 0.6 is 0 Å². The molecular formula is C19H30N2O. The van der Waals surface area contributed by atoms with Gasteiger partial charge in [0.25, 0.3) is 0 Å². The van der Waals surface area contributed by atoms with E-state index in [4.69, 9.17) is 5.73 Å². The molecule has 1 amide bonds. The van der Waals surface area contributed by atoms with Gasteiger partial charge < -0.3 is 11.1 Å². The van der Waals surface area contributed by atoms with Crippen molar-refractivity contribution in [2.75, 3.05) is 6.54 Å². The summed E-state index contributed by atoms with van der Waals surface area (Å²) in [4.78, 5) is 12.3. The molecule has 3 heteroatoms. The number of rotatable bonds is 7. The molecule has 0 bridgehead atoms. The maximum absolute atomic E-state index is 12.3. The summed E-state index contributed by atoms with van der Waals surface area (Å²) in [5.41, 5.74) is 8.20. The summed E-state index contributed by atoms with van der Waals surface area (Å²) in [6.07, 6.45) is 2.88. The third-order valence-corrected chi connectivity index (χ3v) is 4.99. The zero-order valence-electron chi connectivity index (χ0n) is 14.4. The van der Waals surface area contributed by atoms with Gasteiger partial charge in [0.2, 0.25) is 5.91 Å². The summed E-state index contributed by atoms with van der Waals surface area (Å²) < 4.78 is 0. The minimum absolute atomic E-state index is 0.111. The summed E-state index contributed by atoms with van der Waals surface area (Å²) in [6.45, 7) is 9.08. The van der Waals surface area contributed by atoms with Gasteiger partial charge in [-0.25, -0.2) is 0 Å². The van der Waals surface area contributed by atoms with E-state index >= 15 is 0 Å². The van der Waals surface area contributed by atoms with Crippen molar-refractivity contribution in [1.82, 2.24) is 5.32 Å². The van der Waals surface area contributed by atoms with Gasteiger partial charge in [0.05, 0.1) is 5.54 Å². The maximum Gasteiger partial charge on any atom is 0.221 e. The molecule has 0 heterocycles. The molecule has 0 aromatic heterocycles. The number of amides is 1. The fourth-order valence-electron chi connectivity index (χ4n) is 3.02. The van der Waals surface area contributed by atoms with Crippen LogP contribution in [-0.4, -0.2) is 18.0 Å². The van der Waals surface area contributed by atoms with E-state index in [0.29, 0.717) is 24.8 Å². The van der Waals surface area contributed by atoms with E-state index < -0.39 is 0 Å². The Morgan fingerprint density at radius 1 is 1.23 bits per heavy atom. The summed E-state index contributed by atoms with van der Waals surface area (Å²) >= 11 is 0. The van der Waals surface area contributed by atoms with Gasteiger partial charge in [-0.3, -0.25) is 4.79 Å². The van der Waals surface area contributed by atoms with Crippen molar-refractivity contribution >= 4 is 5.91 Å². The molecule has 2 unspecified atom stereocenters. The van der Waals surface area contributed by atoms with E-state index in [2.05, 4.69) is 57.3 Å². The number of hydrogen-bond donors (Lipinski definition) is 2. The Labute approximate surface area is 134 Å². The van der Waals surface area contributed by atoms with Crippen molar-refractivity contribution < 1.29 is 4.79 Å². The predicted molar refractivity (Wildman–Crippen MR) is 91.9 cm³/mol. The molecule has 22 heavy (non-hydrogen) atoms. The Balaban J connectivity index is 1.93. The number of carbonyl (C=O) groups is 1. The summed E-state index contributed by atoms with van der Waals surface area (Å²) in [6, 6.07) is 8.64. The smallest absolute Gasteiger partial charge is 0.221 e. The van der Waals surface area contributed by atoms with Crippen LogP contribution in [0.4, 0.5) is 0 Å². The van der Waals surface area contributed by atoms with Crippen LogP contribution in [0.2, 0.25) is 0 Å². The molecule has 0 saturated heterocycles. The first-order valence-corrected chi connectivity index (χ1v) is 8.46. The van der Waals surface area contributed by atoms with Gasteiger partial charge in [-0.2, -0.15) is 0 Å². The third kappa shape index (κ3) is 4.10. The van der Waals surface area contributed by atoms with E-state index in [1.165, 1.54) is 24.0 Å². The summed E-state index contributed by atoms with van der Waals surface area (Å²) in [5, 5.41) is 3.17. The van der Waals surface area contributed by atoms with Crippen LogP contribution in [0.15, 0.2) is 24.3 Å². The number of benzene rings is 1. The molecule has 1 aliphatic rings. The Hall–Kier alpha value is -1.35. The van der Waals surface area contributed by atoms with Gasteiger partial charge in [-0.05, 0) is 48.6 Å². The topological polar surface area (TPSA) is 55.1 Å². The van der Waals surface area contributed by atoms with Crippen LogP contribution < -0.4 is 11.1 Å². The van der Waals surface area contributed by atoms with Crippen LogP contribution in [-0.2, 0) is 4.79 Å². The highest BCUT2D eigenvalue weighted by Crippen LogP contribution is 2.39. The van der Waals surface area contributed by atoms with Crippen molar-refractivity contribution in [2.45, 2.75) is 64.3 Å². The first-order chi connectivity index (χ1) is 10.4. The zero-order valence-corrected chi connectivity index (χ0v) is 14.4. The number of carbonyl (C=O) groups excluding carboxylic acids is 1. The van der Waals surface area contributed by atoms with Gasteiger partial charge in [0, 0.05) is 13.0 Å². The molecule has 1 fully saturated rings. The summed E-state index contributed by atoms with van der Waals surface area (Å²) in [5.74, 6) is 1.43. The molecule has 122 valence electrons. The van der Waals surface area contributed by atoms with E-state index in [0.717, 1.165) is 0 Å². The number of hydrogen-bond acceptors (Lipinski definition) is 2. The molecule has 3 N–H and O–H groups in total. The molecule has 1 aromatic rings. The highest BCUT2D eigenvalue weighted by atomic mass is 16.1. The largest absolute Gasteiger partial charge is 0.349 e. The lowest BCUT2D eigenvalue weighted by atomic mass is 9.92. The van der Waals surface area contributed by atoms with E-state index in [9.17, 15) is 4.79 Å². The second kappa shape index (κ2) is 6.82. The lowest BCUT2D eigenvalue weighted by molar-refractivity contribution is -0.123. The molecule has 0 spiro atoms. The van der Waals surface area contributed by atoms with E-state index in [1.807, 2.05) is 0 Å². The highest BCUT2D eigenvalue weighted by Gasteiger charge is 2.41. The molecule has 0 aliphatic heterocycles. The second-order valence-electron chi connectivity index (χ2n) is 7.37. The van der Waals surface area contributed by atoms with E-state index in [-0.39, 0.29) is 17.4 Å². The Morgan fingerprint density at radius 3 is 2.23 bits per heavy atom. The lowest BCUT2D eigenvalue weighted by Crippen LogP contribution is -2.53. The normalized spacial score (nSPS) is 18.8. The quantitative estimate of drug-likeness (QED) is 0.809. The van der Waals surface area contributed by atoms with Crippen LogP contribution in [0.1, 0.15) is 69.9 Å². The average Bonchev–Trinajstić information content (AvgIpc) is 3.32. The fraction of sp³-hybridized carbons (Fsp3) is 0.632. The molecule has 3 nitrogen and oxygen atoms in total. The van der Waals surface area contributed by atoms with Gasteiger partial charge >= 0.3 is 0 Å². The standard InChI is InChI=1S/C19H30N2O/c1-13(2)15-5-7-16(8-6-15)14(3)11-18(22)21-19(4,12-20)17-9-10-17/h5-8,13-14,17H,9-12,20H2,1-4H3,(H,21,22). The van der Waals surface area contributed by atoms with Gasteiger partial charge in [-0.1, -0.05) is 45.0 Å². The molecular weight excluding hydrogens is 272 g/mol. The monoisotopic (exact) mass is 302 g/mol. The molecule has 0 radical (unpaired) electrons. The fourth-order valence-corrected chi connectivity index (χ4v) is 3.02. The van der Waals surface area contributed by atoms with Crippen LogP contribution in [0.25, 0.3) is 0 Å². The van der Waals surface area contributed by atoms with Crippen molar-refractivity contribution in [3.63, 3.8) is 0 Å². The summed E-state index contributed by atoms with van der Waals surface area (Å²) in [7, 11) is 0. The van der Waals surface area contributed by atoms with Crippen molar-refractivity contribution in [2.24, 2.45) is 11.7 Å². The van der Waals surface area contributed by atoms with Crippen molar-refractivity contribution in [3.8, 4) is 0 Å².